The number of nitrogens with zero attached hydrogens (tertiary/aromatic N) is 2. The third-order valence-corrected chi connectivity index (χ3v) is 5.17. The van der Waals surface area contributed by atoms with E-state index in [4.69, 9.17) is 4.74 Å². The van der Waals surface area contributed by atoms with Gasteiger partial charge in [0.05, 0.1) is 10.7 Å². The number of carbonyl (C=O) groups is 1. The van der Waals surface area contributed by atoms with Gasteiger partial charge >= 0.3 is 0 Å². The Labute approximate surface area is 175 Å². The summed E-state index contributed by atoms with van der Waals surface area (Å²) in [6, 6.07) is 13.6. The molecule has 6 heteroatoms. The van der Waals surface area contributed by atoms with Gasteiger partial charge in [-0.25, -0.2) is 4.98 Å². The molecule has 0 bridgehead atoms. The summed E-state index contributed by atoms with van der Waals surface area (Å²) in [4.78, 5) is 18.7. The van der Waals surface area contributed by atoms with Crippen molar-refractivity contribution in [2.75, 3.05) is 24.3 Å². The van der Waals surface area contributed by atoms with E-state index in [0.717, 1.165) is 39.0 Å². The Morgan fingerprint density at radius 3 is 2.55 bits per heavy atom. The Morgan fingerprint density at radius 1 is 1.17 bits per heavy atom. The molecule has 0 radical (unpaired) electrons. The predicted molar refractivity (Wildman–Crippen MR) is 121 cm³/mol. The molecule has 0 atom stereocenters. The summed E-state index contributed by atoms with van der Waals surface area (Å²) < 4.78 is 5.74. The smallest absolute Gasteiger partial charge is 0.248 e. The lowest BCUT2D eigenvalue weighted by Gasteiger charge is -2.15. The third kappa shape index (κ3) is 5.93. The minimum Gasteiger partial charge on any atom is -0.487 e. The molecule has 0 saturated carbocycles. The summed E-state index contributed by atoms with van der Waals surface area (Å²) in [5, 5.41) is 5.96. The van der Waals surface area contributed by atoms with Crippen molar-refractivity contribution in [1.29, 1.82) is 0 Å². The van der Waals surface area contributed by atoms with Crippen molar-refractivity contribution >= 4 is 34.7 Å². The molecule has 1 aromatic heterocycles. The van der Waals surface area contributed by atoms with Crippen LogP contribution in [-0.2, 0) is 11.4 Å². The van der Waals surface area contributed by atoms with Gasteiger partial charge in [0.15, 0.2) is 0 Å². The van der Waals surface area contributed by atoms with Gasteiger partial charge < -0.3 is 15.0 Å². The second-order valence-corrected chi connectivity index (χ2v) is 7.99. The Morgan fingerprint density at radius 2 is 1.93 bits per heavy atom. The highest BCUT2D eigenvalue weighted by Crippen LogP contribution is 2.21. The number of nitrogens with one attached hydrogen (secondary N) is 1. The van der Waals surface area contributed by atoms with Gasteiger partial charge in [-0.3, -0.25) is 4.79 Å². The van der Waals surface area contributed by atoms with E-state index in [2.05, 4.69) is 10.3 Å². The lowest BCUT2D eigenvalue weighted by Crippen LogP contribution is -2.11. The fourth-order valence-corrected chi connectivity index (χ4v) is 3.32. The van der Waals surface area contributed by atoms with E-state index in [9.17, 15) is 4.79 Å². The average Bonchev–Trinajstić information content (AvgIpc) is 3.12. The normalized spacial score (nSPS) is 10.9. The molecule has 0 saturated heterocycles. The Kier molecular flexibility index (Phi) is 6.67. The van der Waals surface area contributed by atoms with Crippen molar-refractivity contribution in [1.82, 2.24) is 4.98 Å². The van der Waals surface area contributed by atoms with Crippen LogP contribution in [-0.4, -0.2) is 25.0 Å². The van der Waals surface area contributed by atoms with Gasteiger partial charge in [0.2, 0.25) is 5.91 Å². The standard InChI is InChI=1S/C23H25N3O2S/c1-16-13-20(26(3)4)8-11-22(16)25-23(27)12-7-18-5-9-21(10-6-18)28-14-19-15-29-17(2)24-19/h5-13,15H,14H2,1-4H3,(H,25,27)/b12-7+. The van der Waals surface area contributed by atoms with Crippen LogP contribution in [0, 0.1) is 13.8 Å². The molecule has 0 unspecified atom stereocenters. The van der Waals surface area contributed by atoms with Crippen LogP contribution in [0.2, 0.25) is 0 Å². The van der Waals surface area contributed by atoms with Crippen LogP contribution in [0.25, 0.3) is 6.08 Å². The molecular weight excluding hydrogens is 382 g/mol. The molecular formula is C23H25N3O2S. The van der Waals surface area contributed by atoms with E-state index in [1.54, 1.807) is 17.4 Å². The number of benzene rings is 2. The molecule has 1 N–H and O–H groups in total. The van der Waals surface area contributed by atoms with E-state index in [-0.39, 0.29) is 5.91 Å². The topological polar surface area (TPSA) is 54.5 Å². The summed E-state index contributed by atoms with van der Waals surface area (Å²) in [5.74, 6) is 0.610. The van der Waals surface area contributed by atoms with Crippen LogP contribution in [0.4, 0.5) is 11.4 Å². The average molecular weight is 408 g/mol. The molecule has 3 rings (SSSR count). The van der Waals surface area contributed by atoms with Crippen molar-refractivity contribution in [3.05, 3.63) is 75.7 Å². The number of thiazole rings is 1. The lowest BCUT2D eigenvalue weighted by atomic mass is 10.1. The van der Waals surface area contributed by atoms with Gasteiger partial charge in [0.1, 0.15) is 12.4 Å². The molecule has 0 aliphatic carbocycles. The van der Waals surface area contributed by atoms with Gasteiger partial charge in [-0.1, -0.05) is 12.1 Å². The molecule has 1 amide bonds. The Bertz CT molecular complexity index is 1010. The monoisotopic (exact) mass is 407 g/mol. The number of hydrogen-bond donors (Lipinski definition) is 1. The third-order valence-electron chi connectivity index (χ3n) is 4.34. The fourth-order valence-electron chi connectivity index (χ4n) is 2.72. The van der Waals surface area contributed by atoms with Gasteiger partial charge in [-0.15, -0.1) is 11.3 Å². The van der Waals surface area contributed by atoms with Gasteiger partial charge in [-0.05, 0) is 61.4 Å². The maximum Gasteiger partial charge on any atom is 0.248 e. The zero-order valence-electron chi connectivity index (χ0n) is 17.1. The summed E-state index contributed by atoms with van der Waals surface area (Å²) >= 11 is 1.61. The highest BCUT2D eigenvalue weighted by Gasteiger charge is 2.04. The van der Waals surface area contributed by atoms with Crippen molar-refractivity contribution in [3.63, 3.8) is 0 Å². The molecule has 2 aromatic carbocycles. The number of anilines is 2. The van der Waals surface area contributed by atoms with E-state index < -0.39 is 0 Å². The number of ether oxygens (including phenoxy) is 1. The van der Waals surface area contributed by atoms with Crippen molar-refractivity contribution in [2.45, 2.75) is 20.5 Å². The highest BCUT2D eigenvalue weighted by atomic mass is 32.1. The molecule has 29 heavy (non-hydrogen) atoms. The SMILES string of the molecule is Cc1nc(COc2ccc(/C=C/C(=O)Nc3ccc(N(C)C)cc3C)cc2)cs1. The fraction of sp³-hybridized carbons (Fsp3) is 0.217. The number of aromatic nitrogens is 1. The first-order valence-electron chi connectivity index (χ1n) is 9.31. The summed E-state index contributed by atoms with van der Waals surface area (Å²) in [6.07, 6.45) is 3.32. The molecule has 0 spiro atoms. The van der Waals surface area contributed by atoms with Crippen LogP contribution in [0.15, 0.2) is 53.9 Å². The maximum absolute atomic E-state index is 12.2. The summed E-state index contributed by atoms with van der Waals surface area (Å²) in [6.45, 7) is 4.41. The first-order chi connectivity index (χ1) is 13.9. The van der Waals surface area contributed by atoms with Crippen molar-refractivity contribution in [3.8, 4) is 5.75 Å². The van der Waals surface area contributed by atoms with Crippen LogP contribution >= 0.6 is 11.3 Å². The largest absolute Gasteiger partial charge is 0.487 e. The van der Waals surface area contributed by atoms with Crippen LogP contribution in [0.1, 0.15) is 21.8 Å². The first-order valence-corrected chi connectivity index (χ1v) is 10.2. The van der Waals surface area contributed by atoms with Crippen LogP contribution in [0.5, 0.6) is 5.75 Å². The lowest BCUT2D eigenvalue weighted by molar-refractivity contribution is -0.111. The number of amides is 1. The summed E-state index contributed by atoms with van der Waals surface area (Å²) in [5.41, 5.74) is 4.79. The van der Waals surface area contributed by atoms with Crippen molar-refractivity contribution in [2.24, 2.45) is 0 Å². The van der Waals surface area contributed by atoms with Gasteiger partial charge in [0, 0.05) is 36.9 Å². The highest BCUT2D eigenvalue weighted by molar-refractivity contribution is 7.09. The molecule has 0 aliphatic heterocycles. The Hall–Kier alpha value is -3.12. The molecule has 0 aliphatic rings. The number of aryl methyl sites for hydroxylation is 2. The maximum atomic E-state index is 12.2. The second-order valence-electron chi connectivity index (χ2n) is 6.93. The van der Waals surface area contributed by atoms with Crippen LogP contribution in [0.3, 0.4) is 0 Å². The second kappa shape index (κ2) is 9.39. The van der Waals surface area contributed by atoms with E-state index in [1.165, 1.54) is 6.08 Å². The minimum absolute atomic E-state index is 0.162. The molecule has 1 heterocycles. The number of rotatable bonds is 7. The summed E-state index contributed by atoms with van der Waals surface area (Å²) in [7, 11) is 3.98. The van der Waals surface area contributed by atoms with Gasteiger partial charge in [0.25, 0.3) is 0 Å². The first kappa shape index (κ1) is 20.6. The molecule has 150 valence electrons. The minimum atomic E-state index is -0.162. The number of hydrogen-bond acceptors (Lipinski definition) is 5. The quantitative estimate of drug-likeness (QED) is 0.557. The molecule has 5 nitrogen and oxygen atoms in total. The zero-order chi connectivity index (χ0) is 20.8. The van der Waals surface area contributed by atoms with E-state index >= 15 is 0 Å². The number of carbonyl (C=O) groups excluding carboxylic acids is 1. The molecule has 3 aromatic rings. The van der Waals surface area contributed by atoms with Crippen LogP contribution < -0.4 is 15.0 Å². The Balaban J connectivity index is 1.54. The zero-order valence-corrected chi connectivity index (χ0v) is 17.9. The van der Waals surface area contributed by atoms with E-state index in [1.807, 2.05) is 80.7 Å². The van der Waals surface area contributed by atoms with E-state index in [0.29, 0.717) is 6.61 Å². The van der Waals surface area contributed by atoms with Gasteiger partial charge in [-0.2, -0.15) is 0 Å². The molecule has 0 fully saturated rings. The predicted octanol–water partition coefficient (Wildman–Crippen LogP) is 5.06. The van der Waals surface area contributed by atoms with Crippen molar-refractivity contribution < 1.29 is 9.53 Å².